The van der Waals surface area contributed by atoms with E-state index in [2.05, 4.69) is 9.05 Å². The first-order valence-electron chi connectivity index (χ1n) is 2.32. The van der Waals surface area contributed by atoms with Gasteiger partial charge in [0.15, 0.2) is 4.77 Å². The Kier molecular flexibility index (Phi) is 3.98. The minimum Gasteiger partial charge on any atom is -0.514 e. The summed E-state index contributed by atoms with van der Waals surface area (Å²) < 4.78 is 19.6. The van der Waals surface area contributed by atoms with Crippen LogP contribution in [0.25, 0.3) is 0 Å². The molecule has 0 spiro atoms. The van der Waals surface area contributed by atoms with E-state index >= 15 is 0 Å². The first-order valence-corrected chi connectivity index (χ1v) is 4.24. The number of aliphatic hydroxyl groups excluding tert-OH is 1. The van der Waals surface area contributed by atoms with Gasteiger partial charge < -0.3 is 14.2 Å². The predicted octanol–water partition coefficient (Wildman–Crippen LogP) is 2.07. The molecule has 0 fully saturated rings. The monoisotopic (exact) mass is 186 g/mol. The maximum Gasteiger partial charge on any atom is 0.375 e. The molecule has 0 saturated carbocycles. The lowest BCUT2D eigenvalue weighted by molar-refractivity contribution is 0.284. The number of aliphatic hydroxyl groups is 1. The van der Waals surface area contributed by atoms with Gasteiger partial charge in [0, 0.05) is 14.2 Å². The van der Waals surface area contributed by atoms with Crippen LogP contribution in [0.2, 0.25) is 0 Å². The second kappa shape index (κ2) is 3.98. The standard InChI is InChI=1S/C4H8ClO4P/c1-8-10(7,9-2)4(5)3-6/h3,6H,1-2H3. The molecule has 0 bridgehead atoms. The van der Waals surface area contributed by atoms with E-state index in [1.807, 2.05) is 0 Å². The third kappa shape index (κ3) is 1.99. The summed E-state index contributed by atoms with van der Waals surface area (Å²) in [6, 6.07) is 0. The summed E-state index contributed by atoms with van der Waals surface area (Å²) in [7, 11) is -1.04. The second-order valence-electron chi connectivity index (χ2n) is 1.31. The van der Waals surface area contributed by atoms with Gasteiger partial charge in [0.25, 0.3) is 0 Å². The van der Waals surface area contributed by atoms with Crippen molar-refractivity contribution in [2.75, 3.05) is 14.2 Å². The molecule has 0 radical (unpaired) electrons. The summed E-state index contributed by atoms with van der Waals surface area (Å²) in [6.45, 7) is 0. The molecule has 0 aliphatic carbocycles. The summed E-state index contributed by atoms with van der Waals surface area (Å²) in [6.07, 6.45) is 0.481. The van der Waals surface area contributed by atoms with E-state index in [1.54, 1.807) is 0 Å². The van der Waals surface area contributed by atoms with E-state index in [1.165, 1.54) is 14.2 Å². The van der Waals surface area contributed by atoms with Crippen LogP contribution in [0.5, 0.6) is 0 Å². The van der Waals surface area contributed by atoms with Crippen molar-refractivity contribution < 1.29 is 18.7 Å². The first-order chi connectivity index (χ1) is 4.60. The molecule has 6 heteroatoms. The Morgan fingerprint density at radius 3 is 2.10 bits per heavy atom. The molecular weight excluding hydrogens is 178 g/mol. The molecule has 10 heavy (non-hydrogen) atoms. The summed E-state index contributed by atoms with van der Waals surface area (Å²) in [4.78, 5) is 0. The average Bonchev–Trinajstić information content (AvgIpc) is 2.01. The molecule has 60 valence electrons. The maximum absolute atomic E-state index is 11.1. The molecule has 4 nitrogen and oxygen atoms in total. The van der Waals surface area contributed by atoms with Gasteiger partial charge in [-0.1, -0.05) is 11.6 Å². The molecular formula is C4H8ClO4P. The normalized spacial score (nSPS) is 13.7. The van der Waals surface area contributed by atoms with Gasteiger partial charge in [0.2, 0.25) is 0 Å². The lowest BCUT2D eigenvalue weighted by Gasteiger charge is -2.10. The van der Waals surface area contributed by atoms with Gasteiger partial charge in [-0.15, -0.1) is 0 Å². The van der Waals surface area contributed by atoms with Crippen LogP contribution in [0.15, 0.2) is 11.0 Å². The Balaban J connectivity index is 4.50. The van der Waals surface area contributed by atoms with Crippen molar-refractivity contribution >= 4 is 19.2 Å². The van der Waals surface area contributed by atoms with Gasteiger partial charge in [0.1, 0.15) is 6.26 Å². The zero-order valence-corrected chi connectivity index (χ0v) is 7.22. The molecule has 1 N–H and O–H groups in total. The molecule has 0 rings (SSSR count). The van der Waals surface area contributed by atoms with Crippen molar-refractivity contribution in [1.82, 2.24) is 0 Å². The highest BCUT2D eigenvalue weighted by Gasteiger charge is 2.25. The zero-order chi connectivity index (χ0) is 8.20. The fourth-order valence-electron chi connectivity index (χ4n) is 0.320. The highest BCUT2D eigenvalue weighted by molar-refractivity contribution is 7.60. The number of hydrogen-bond acceptors (Lipinski definition) is 4. The van der Waals surface area contributed by atoms with E-state index in [0.29, 0.717) is 6.26 Å². The summed E-state index contributed by atoms with van der Waals surface area (Å²) in [5.74, 6) is 0. The van der Waals surface area contributed by atoms with Crippen LogP contribution >= 0.6 is 19.2 Å². The first kappa shape index (κ1) is 9.98. The Bertz CT molecular complexity index is 170. The Labute approximate surface area is 63.9 Å². The fourth-order valence-corrected chi connectivity index (χ4v) is 1.37. The van der Waals surface area contributed by atoms with E-state index in [-0.39, 0.29) is 4.77 Å². The van der Waals surface area contributed by atoms with E-state index in [4.69, 9.17) is 16.7 Å². The van der Waals surface area contributed by atoms with Crippen molar-refractivity contribution in [1.29, 1.82) is 0 Å². The van der Waals surface area contributed by atoms with Gasteiger partial charge in [-0.05, 0) is 0 Å². The third-order valence-electron chi connectivity index (χ3n) is 0.849. The minimum absolute atomic E-state index is 0.336. The number of hydrogen-bond donors (Lipinski definition) is 1. The van der Waals surface area contributed by atoms with Crippen molar-refractivity contribution in [3.63, 3.8) is 0 Å². The van der Waals surface area contributed by atoms with Gasteiger partial charge in [-0.25, -0.2) is 0 Å². The average molecular weight is 187 g/mol. The quantitative estimate of drug-likeness (QED) is 0.542. The zero-order valence-electron chi connectivity index (χ0n) is 5.57. The molecule has 0 aliphatic heterocycles. The van der Waals surface area contributed by atoms with E-state index < -0.39 is 7.60 Å². The molecule has 0 aromatic heterocycles. The van der Waals surface area contributed by atoms with E-state index in [9.17, 15) is 4.57 Å². The van der Waals surface area contributed by atoms with Crippen molar-refractivity contribution in [3.8, 4) is 0 Å². The molecule has 0 atom stereocenters. The van der Waals surface area contributed by atoms with Crippen LogP contribution in [0.4, 0.5) is 0 Å². The summed E-state index contributed by atoms with van der Waals surface area (Å²) in [5.41, 5.74) is 0. The topological polar surface area (TPSA) is 55.8 Å². The third-order valence-corrected chi connectivity index (χ3v) is 3.17. The van der Waals surface area contributed by atoms with Gasteiger partial charge in [-0.2, -0.15) is 0 Å². The molecule has 0 amide bonds. The molecule has 0 heterocycles. The largest absolute Gasteiger partial charge is 0.514 e. The van der Waals surface area contributed by atoms with Crippen LogP contribution in [-0.2, 0) is 13.6 Å². The lowest BCUT2D eigenvalue weighted by atomic mass is 11.2. The van der Waals surface area contributed by atoms with Gasteiger partial charge in [-0.3, -0.25) is 4.57 Å². The maximum atomic E-state index is 11.1. The highest BCUT2D eigenvalue weighted by Crippen LogP contribution is 2.56. The van der Waals surface area contributed by atoms with E-state index in [0.717, 1.165) is 0 Å². The highest BCUT2D eigenvalue weighted by atomic mass is 35.5. The lowest BCUT2D eigenvalue weighted by Crippen LogP contribution is -1.87. The Morgan fingerprint density at radius 1 is 1.60 bits per heavy atom. The van der Waals surface area contributed by atoms with Crippen molar-refractivity contribution in [3.05, 3.63) is 11.0 Å². The number of rotatable bonds is 3. The van der Waals surface area contributed by atoms with Crippen LogP contribution in [-0.4, -0.2) is 19.3 Å². The van der Waals surface area contributed by atoms with Crippen LogP contribution < -0.4 is 0 Å². The molecule has 0 aliphatic rings. The molecule has 0 aromatic rings. The summed E-state index contributed by atoms with van der Waals surface area (Å²) in [5, 5.41) is 8.31. The second-order valence-corrected chi connectivity index (χ2v) is 4.19. The van der Waals surface area contributed by atoms with Crippen molar-refractivity contribution in [2.24, 2.45) is 0 Å². The molecule has 0 aromatic carbocycles. The minimum atomic E-state index is -3.40. The van der Waals surface area contributed by atoms with Crippen LogP contribution in [0.1, 0.15) is 0 Å². The SMILES string of the molecule is COP(=O)(OC)C(Cl)=CO. The molecule has 0 unspecified atom stereocenters. The Morgan fingerprint density at radius 2 is 2.00 bits per heavy atom. The van der Waals surface area contributed by atoms with Crippen LogP contribution in [0.3, 0.4) is 0 Å². The van der Waals surface area contributed by atoms with Crippen LogP contribution in [0, 0.1) is 0 Å². The van der Waals surface area contributed by atoms with Gasteiger partial charge in [0.05, 0.1) is 0 Å². The van der Waals surface area contributed by atoms with Crippen molar-refractivity contribution in [2.45, 2.75) is 0 Å². The fraction of sp³-hybridized carbons (Fsp3) is 0.500. The summed E-state index contributed by atoms with van der Waals surface area (Å²) >= 11 is 5.27. The smallest absolute Gasteiger partial charge is 0.375 e. The predicted molar refractivity (Wildman–Crippen MR) is 38.2 cm³/mol. The number of halogens is 1. The Hall–Kier alpha value is -0.0200. The molecule has 0 saturated heterocycles. The van der Waals surface area contributed by atoms with Gasteiger partial charge >= 0.3 is 7.60 Å².